The van der Waals surface area contributed by atoms with Crippen LogP contribution in [0.15, 0.2) is 0 Å². The SMILES string of the molecule is CCC.CCC.CCC(C)CP(=O)(O)CC(C)CC. The third-order valence-corrected chi connectivity index (χ3v) is 4.98. The Labute approximate surface area is 122 Å². The van der Waals surface area contributed by atoms with Crippen LogP contribution in [0.2, 0.25) is 0 Å². The third-order valence-electron chi connectivity index (χ3n) is 2.59. The van der Waals surface area contributed by atoms with Gasteiger partial charge in [0.2, 0.25) is 7.37 Å². The highest BCUT2D eigenvalue weighted by atomic mass is 31.2. The van der Waals surface area contributed by atoms with Gasteiger partial charge in [0.15, 0.2) is 0 Å². The largest absolute Gasteiger partial charge is 0.344 e. The van der Waals surface area contributed by atoms with Crippen molar-refractivity contribution in [1.82, 2.24) is 0 Å². The lowest BCUT2D eigenvalue weighted by atomic mass is 10.2. The molecule has 0 aliphatic rings. The van der Waals surface area contributed by atoms with Crippen molar-refractivity contribution >= 4 is 7.37 Å². The van der Waals surface area contributed by atoms with Crippen molar-refractivity contribution in [2.75, 3.05) is 12.3 Å². The van der Waals surface area contributed by atoms with Crippen LogP contribution in [0, 0.1) is 11.8 Å². The Bertz CT molecular complexity index is 187. The Hall–Kier alpha value is 0.190. The van der Waals surface area contributed by atoms with Crippen LogP contribution in [0.25, 0.3) is 0 Å². The van der Waals surface area contributed by atoms with E-state index in [1.807, 2.05) is 13.8 Å². The topological polar surface area (TPSA) is 37.3 Å². The minimum absolute atomic E-state index is 0.375. The Morgan fingerprint density at radius 2 is 1.00 bits per heavy atom. The highest BCUT2D eigenvalue weighted by Gasteiger charge is 2.22. The van der Waals surface area contributed by atoms with Crippen LogP contribution in [0.1, 0.15) is 81.1 Å². The molecule has 1 N–H and O–H groups in total. The highest BCUT2D eigenvalue weighted by Crippen LogP contribution is 2.45. The van der Waals surface area contributed by atoms with Gasteiger partial charge in [-0.15, -0.1) is 0 Å². The van der Waals surface area contributed by atoms with Gasteiger partial charge >= 0.3 is 0 Å². The molecule has 0 spiro atoms. The Morgan fingerprint density at radius 1 is 0.789 bits per heavy atom. The van der Waals surface area contributed by atoms with E-state index in [0.29, 0.717) is 24.2 Å². The van der Waals surface area contributed by atoms with Crippen molar-refractivity contribution in [3.8, 4) is 0 Å². The van der Waals surface area contributed by atoms with E-state index < -0.39 is 7.37 Å². The standard InChI is InChI=1S/C10H23O2P.2C3H8/c1-5-9(3)7-13(11,12)8-10(4)6-2;2*1-3-2/h9-10H,5-8H2,1-4H3,(H,11,12);2*3H2,1-2H3. The van der Waals surface area contributed by atoms with E-state index in [4.69, 9.17) is 0 Å². The molecule has 0 fully saturated rings. The summed E-state index contributed by atoms with van der Waals surface area (Å²) < 4.78 is 11.7. The molecule has 0 rings (SSSR count). The number of hydrogen-bond donors (Lipinski definition) is 1. The summed E-state index contributed by atoms with van der Waals surface area (Å²) in [6, 6.07) is 0. The fourth-order valence-corrected chi connectivity index (χ4v) is 3.92. The average Bonchev–Trinajstić information content (AvgIpc) is 2.29. The van der Waals surface area contributed by atoms with Gasteiger partial charge in [0.05, 0.1) is 0 Å². The first-order chi connectivity index (χ1) is 8.74. The molecule has 0 aromatic carbocycles. The Kier molecular flexibility index (Phi) is 20.7. The number of hydrogen-bond acceptors (Lipinski definition) is 1. The van der Waals surface area contributed by atoms with Gasteiger partial charge < -0.3 is 4.89 Å². The van der Waals surface area contributed by atoms with Crippen LogP contribution in [0.4, 0.5) is 0 Å². The quantitative estimate of drug-likeness (QED) is 0.594. The monoisotopic (exact) mass is 294 g/mol. The molecule has 0 heterocycles. The van der Waals surface area contributed by atoms with Gasteiger partial charge in [0.1, 0.15) is 0 Å². The molecule has 120 valence electrons. The molecule has 2 atom stereocenters. The van der Waals surface area contributed by atoms with Crippen molar-refractivity contribution in [3.63, 3.8) is 0 Å². The molecule has 0 aromatic rings. The predicted octanol–water partition coefficient (Wildman–Crippen LogP) is 6.18. The number of rotatable bonds is 6. The van der Waals surface area contributed by atoms with Gasteiger partial charge in [-0.05, 0) is 11.8 Å². The minimum atomic E-state index is -2.84. The summed E-state index contributed by atoms with van der Waals surface area (Å²) in [4.78, 5) is 9.67. The first-order valence-electron chi connectivity index (χ1n) is 8.05. The lowest BCUT2D eigenvalue weighted by Crippen LogP contribution is -2.08. The zero-order chi connectivity index (χ0) is 15.9. The second kappa shape index (κ2) is 16.2. The molecule has 0 amide bonds. The van der Waals surface area contributed by atoms with Crippen LogP contribution in [-0.2, 0) is 4.57 Å². The molecule has 3 heteroatoms. The lowest BCUT2D eigenvalue weighted by Gasteiger charge is -2.18. The molecule has 0 aliphatic heterocycles. The average molecular weight is 294 g/mol. The van der Waals surface area contributed by atoms with Crippen molar-refractivity contribution in [1.29, 1.82) is 0 Å². The summed E-state index contributed by atoms with van der Waals surface area (Å²) in [7, 11) is -2.84. The molecule has 2 unspecified atom stereocenters. The molecular weight excluding hydrogens is 255 g/mol. The first-order valence-corrected chi connectivity index (χ1v) is 10.1. The molecule has 0 aliphatic carbocycles. The minimum Gasteiger partial charge on any atom is -0.344 e. The molecule has 19 heavy (non-hydrogen) atoms. The maximum absolute atomic E-state index is 11.7. The van der Waals surface area contributed by atoms with E-state index >= 15 is 0 Å². The predicted molar refractivity (Wildman–Crippen MR) is 90.4 cm³/mol. The smallest absolute Gasteiger partial charge is 0.201 e. The van der Waals surface area contributed by atoms with Crippen molar-refractivity contribution in [2.45, 2.75) is 81.1 Å². The summed E-state index contributed by atoms with van der Waals surface area (Å²) in [5, 5.41) is 0. The molecule has 0 saturated heterocycles. The van der Waals surface area contributed by atoms with Gasteiger partial charge in [0, 0.05) is 12.3 Å². The van der Waals surface area contributed by atoms with Gasteiger partial charge in [-0.1, -0.05) is 81.1 Å². The van der Waals surface area contributed by atoms with Gasteiger partial charge in [0.25, 0.3) is 0 Å². The maximum Gasteiger partial charge on any atom is 0.201 e. The summed E-state index contributed by atoms with van der Waals surface area (Å²) in [6.07, 6.45) is 5.47. The molecular formula is C16H39O2P. The lowest BCUT2D eigenvalue weighted by molar-refractivity contribution is 0.448. The van der Waals surface area contributed by atoms with Crippen LogP contribution < -0.4 is 0 Å². The Morgan fingerprint density at radius 3 is 1.16 bits per heavy atom. The van der Waals surface area contributed by atoms with E-state index in [0.717, 1.165) is 12.8 Å². The fraction of sp³-hybridized carbons (Fsp3) is 1.00. The van der Waals surface area contributed by atoms with Crippen molar-refractivity contribution in [3.05, 3.63) is 0 Å². The summed E-state index contributed by atoms with van der Waals surface area (Å²) in [6.45, 7) is 16.7. The fourth-order valence-electron chi connectivity index (χ4n) is 1.31. The maximum atomic E-state index is 11.7. The van der Waals surface area contributed by atoms with Crippen LogP contribution >= 0.6 is 7.37 Å². The normalized spacial score (nSPS) is 16.1. The highest BCUT2D eigenvalue weighted by molar-refractivity contribution is 7.58. The molecule has 0 bridgehead atoms. The van der Waals surface area contributed by atoms with E-state index in [9.17, 15) is 9.46 Å². The van der Waals surface area contributed by atoms with Crippen LogP contribution in [0.5, 0.6) is 0 Å². The molecule has 0 aromatic heterocycles. The zero-order valence-corrected chi connectivity index (χ0v) is 15.6. The van der Waals surface area contributed by atoms with Crippen molar-refractivity contribution in [2.24, 2.45) is 11.8 Å². The third kappa shape index (κ3) is 23.7. The molecule has 0 radical (unpaired) electrons. The second-order valence-corrected chi connectivity index (χ2v) is 8.08. The Balaban J connectivity index is -0.000000360. The van der Waals surface area contributed by atoms with Gasteiger partial charge in [-0.3, -0.25) is 4.57 Å². The van der Waals surface area contributed by atoms with Crippen LogP contribution in [-0.4, -0.2) is 17.2 Å². The van der Waals surface area contributed by atoms with E-state index in [1.54, 1.807) is 0 Å². The van der Waals surface area contributed by atoms with E-state index in [1.165, 1.54) is 12.8 Å². The zero-order valence-electron chi connectivity index (χ0n) is 14.7. The van der Waals surface area contributed by atoms with Gasteiger partial charge in [-0.2, -0.15) is 0 Å². The summed E-state index contributed by atoms with van der Waals surface area (Å²) >= 11 is 0. The second-order valence-electron chi connectivity index (χ2n) is 5.65. The molecule has 0 saturated carbocycles. The van der Waals surface area contributed by atoms with Crippen molar-refractivity contribution < 1.29 is 9.46 Å². The van der Waals surface area contributed by atoms with Gasteiger partial charge in [-0.25, -0.2) is 0 Å². The summed E-state index contributed by atoms with van der Waals surface area (Å²) in [5.74, 6) is 0.750. The summed E-state index contributed by atoms with van der Waals surface area (Å²) in [5.41, 5.74) is 0. The molecule has 2 nitrogen and oxygen atoms in total. The van der Waals surface area contributed by atoms with Crippen LogP contribution in [0.3, 0.4) is 0 Å². The first kappa shape index (κ1) is 24.2. The van der Waals surface area contributed by atoms with E-state index in [2.05, 4.69) is 41.5 Å². The van der Waals surface area contributed by atoms with E-state index in [-0.39, 0.29) is 0 Å².